The van der Waals surface area contributed by atoms with E-state index in [0.717, 1.165) is 12.8 Å². The van der Waals surface area contributed by atoms with Crippen LogP contribution in [0.5, 0.6) is 0 Å². The number of carboxylic acid groups (broad SMARTS) is 1. The van der Waals surface area contributed by atoms with Gasteiger partial charge < -0.3 is 5.11 Å². The third kappa shape index (κ3) is 21.3. The molecule has 0 spiro atoms. The summed E-state index contributed by atoms with van der Waals surface area (Å²) in [5.41, 5.74) is 0.355. The third-order valence-corrected chi connectivity index (χ3v) is 5.54. The van der Waals surface area contributed by atoms with Crippen LogP contribution in [-0.2, 0) is 4.79 Å². The number of unbranched alkanes of at least 4 members (excludes halogenated alkanes) is 17. The van der Waals surface area contributed by atoms with Crippen LogP contribution in [0, 0.1) is 0 Å². The second kappa shape index (κ2) is 22.2. The Morgan fingerprint density at radius 3 is 1.39 bits per heavy atom. The van der Waals surface area contributed by atoms with Crippen molar-refractivity contribution in [2.24, 2.45) is 0 Å². The Kier molecular flexibility index (Phi) is 21.4. The predicted molar refractivity (Wildman–Crippen MR) is 124 cm³/mol. The zero-order chi connectivity index (χ0) is 20.7. The van der Waals surface area contributed by atoms with Crippen molar-refractivity contribution in [2.45, 2.75) is 135 Å². The molecule has 0 aliphatic carbocycles. The minimum absolute atomic E-state index is 0.355. The number of allylic oxidation sites excluding steroid dienone is 2. The minimum Gasteiger partial charge on any atom is -0.478 e. The van der Waals surface area contributed by atoms with Gasteiger partial charge in [-0.25, -0.2) is 4.79 Å². The first-order valence-corrected chi connectivity index (χ1v) is 12.2. The monoisotopic (exact) mass is 392 g/mol. The second-order valence-electron chi connectivity index (χ2n) is 8.36. The lowest BCUT2D eigenvalue weighted by Gasteiger charge is -2.03. The number of hydrogen-bond acceptors (Lipinski definition) is 1. The van der Waals surface area contributed by atoms with E-state index in [0.29, 0.717) is 12.0 Å². The lowest BCUT2D eigenvalue weighted by molar-refractivity contribution is -0.132. The van der Waals surface area contributed by atoms with E-state index >= 15 is 0 Å². The van der Waals surface area contributed by atoms with Crippen LogP contribution in [0.1, 0.15) is 135 Å². The highest BCUT2D eigenvalue weighted by molar-refractivity contribution is 5.85. The molecule has 0 rings (SSSR count). The molecule has 0 aliphatic heterocycles. The van der Waals surface area contributed by atoms with E-state index in [-0.39, 0.29) is 0 Å². The van der Waals surface area contributed by atoms with E-state index in [1.54, 1.807) is 0 Å². The summed E-state index contributed by atoms with van der Waals surface area (Å²) in [6, 6.07) is 0. The zero-order valence-electron chi connectivity index (χ0n) is 18.9. The normalized spacial score (nSPS) is 11.3. The molecule has 164 valence electrons. The number of rotatable bonds is 22. The predicted octanol–water partition coefficient (Wildman–Crippen LogP) is 9.01. The summed E-state index contributed by atoms with van der Waals surface area (Å²) in [7, 11) is 0. The van der Waals surface area contributed by atoms with Crippen LogP contribution >= 0.6 is 0 Å². The summed E-state index contributed by atoms with van der Waals surface area (Å²) >= 11 is 0. The molecule has 0 aromatic carbocycles. The average Bonchev–Trinajstić information content (AvgIpc) is 2.68. The molecule has 2 nitrogen and oxygen atoms in total. The summed E-state index contributed by atoms with van der Waals surface area (Å²) < 4.78 is 0. The molecule has 28 heavy (non-hydrogen) atoms. The number of carboxylic acids is 1. The van der Waals surface area contributed by atoms with Gasteiger partial charge in [0, 0.05) is 5.57 Å². The minimum atomic E-state index is -0.843. The first kappa shape index (κ1) is 27.0. The molecule has 0 saturated heterocycles. The van der Waals surface area contributed by atoms with Crippen molar-refractivity contribution in [2.75, 3.05) is 0 Å². The first-order valence-electron chi connectivity index (χ1n) is 12.2. The number of carbonyl (C=O) groups is 1. The largest absolute Gasteiger partial charge is 0.478 e. The van der Waals surface area contributed by atoms with E-state index in [1.165, 1.54) is 109 Å². The SMILES string of the molecule is C=C(CCCCCCCCCCCCCC=CCCCCCCCC)C(=O)O. The van der Waals surface area contributed by atoms with Crippen molar-refractivity contribution < 1.29 is 9.90 Å². The summed E-state index contributed by atoms with van der Waals surface area (Å²) in [6.45, 7) is 5.85. The molecule has 0 aromatic rings. The van der Waals surface area contributed by atoms with Crippen LogP contribution in [-0.4, -0.2) is 11.1 Å². The van der Waals surface area contributed by atoms with Gasteiger partial charge in [0.15, 0.2) is 0 Å². The second-order valence-corrected chi connectivity index (χ2v) is 8.36. The van der Waals surface area contributed by atoms with Gasteiger partial charge in [-0.1, -0.05) is 116 Å². The fraction of sp³-hybridized carbons (Fsp3) is 0.808. The smallest absolute Gasteiger partial charge is 0.330 e. The molecule has 0 atom stereocenters. The van der Waals surface area contributed by atoms with Gasteiger partial charge in [-0.15, -0.1) is 0 Å². The molecule has 2 heteroatoms. The fourth-order valence-electron chi connectivity index (χ4n) is 3.58. The Labute approximate surface area is 175 Å². The molecule has 1 N–H and O–H groups in total. The Hall–Kier alpha value is -1.05. The van der Waals surface area contributed by atoms with Crippen LogP contribution < -0.4 is 0 Å². The van der Waals surface area contributed by atoms with Crippen molar-refractivity contribution in [3.63, 3.8) is 0 Å². The summed E-state index contributed by atoms with van der Waals surface area (Å²) in [5.74, 6) is -0.843. The van der Waals surface area contributed by atoms with Crippen molar-refractivity contribution in [1.82, 2.24) is 0 Å². The fourth-order valence-corrected chi connectivity index (χ4v) is 3.58. The van der Waals surface area contributed by atoms with Crippen molar-refractivity contribution >= 4 is 5.97 Å². The maximum atomic E-state index is 10.6. The molecule has 0 fully saturated rings. The maximum Gasteiger partial charge on any atom is 0.330 e. The maximum absolute atomic E-state index is 10.6. The number of hydrogen-bond donors (Lipinski definition) is 1. The van der Waals surface area contributed by atoms with Crippen molar-refractivity contribution in [3.05, 3.63) is 24.3 Å². The van der Waals surface area contributed by atoms with Crippen molar-refractivity contribution in [1.29, 1.82) is 0 Å². The summed E-state index contributed by atoms with van der Waals surface area (Å²) in [6.07, 6.45) is 30.6. The van der Waals surface area contributed by atoms with Gasteiger partial charge in [0.05, 0.1) is 0 Å². The molecular formula is C26H48O2. The molecular weight excluding hydrogens is 344 g/mol. The van der Waals surface area contributed by atoms with Gasteiger partial charge in [-0.05, 0) is 38.5 Å². The highest BCUT2D eigenvalue weighted by atomic mass is 16.4. The molecule has 0 aromatic heterocycles. The van der Waals surface area contributed by atoms with E-state index < -0.39 is 5.97 Å². The lowest BCUT2D eigenvalue weighted by Crippen LogP contribution is -1.98. The Morgan fingerprint density at radius 2 is 1.00 bits per heavy atom. The van der Waals surface area contributed by atoms with E-state index in [4.69, 9.17) is 5.11 Å². The van der Waals surface area contributed by atoms with Crippen LogP contribution in [0.25, 0.3) is 0 Å². The third-order valence-electron chi connectivity index (χ3n) is 5.54. The summed E-state index contributed by atoms with van der Waals surface area (Å²) in [4.78, 5) is 10.6. The average molecular weight is 393 g/mol. The van der Waals surface area contributed by atoms with Gasteiger partial charge in [0.25, 0.3) is 0 Å². The molecule has 0 saturated carbocycles. The standard InChI is InChI=1S/C26H48O2/c1-3-4-5-6-7-8-9-10-11-12-13-14-15-16-17-18-19-20-21-22-23-24-25(2)26(27)28/h10-11H,2-9,12-24H2,1H3,(H,27,28). The molecule has 0 amide bonds. The van der Waals surface area contributed by atoms with Crippen LogP contribution in [0.15, 0.2) is 24.3 Å². The lowest BCUT2D eigenvalue weighted by atomic mass is 10.0. The van der Waals surface area contributed by atoms with Gasteiger partial charge in [-0.3, -0.25) is 0 Å². The Balaban J connectivity index is 3.13. The zero-order valence-corrected chi connectivity index (χ0v) is 18.9. The van der Waals surface area contributed by atoms with Crippen molar-refractivity contribution in [3.8, 4) is 0 Å². The molecule has 0 bridgehead atoms. The van der Waals surface area contributed by atoms with Gasteiger partial charge >= 0.3 is 5.97 Å². The van der Waals surface area contributed by atoms with Crippen LogP contribution in [0.3, 0.4) is 0 Å². The highest BCUT2D eigenvalue weighted by Gasteiger charge is 2.02. The molecule has 0 aliphatic rings. The Morgan fingerprint density at radius 1 is 0.643 bits per heavy atom. The van der Waals surface area contributed by atoms with Gasteiger partial charge in [-0.2, -0.15) is 0 Å². The van der Waals surface area contributed by atoms with E-state index in [1.807, 2.05) is 0 Å². The topological polar surface area (TPSA) is 37.3 Å². The number of aliphatic carboxylic acids is 1. The van der Waals surface area contributed by atoms with Gasteiger partial charge in [0.2, 0.25) is 0 Å². The van der Waals surface area contributed by atoms with Gasteiger partial charge in [0.1, 0.15) is 0 Å². The van der Waals surface area contributed by atoms with Crippen LogP contribution in [0.2, 0.25) is 0 Å². The highest BCUT2D eigenvalue weighted by Crippen LogP contribution is 2.14. The molecule has 0 unspecified atom stereocenters. The Bertz CT molecular complexity index is 384. The van der Waals surface area contributed by atoms with E-state index in [2.05, 4.69) is 25.7 Å². The molecule has 0 heterocycles. The summed E-state index contributed by atoms with van der Waals surface area (Å²) in [5, 5.41) is 8.74. The first-order chi connectivity index (χ1) is 13.7. The molecule has 0 radical (unpaired) electrons. The van der Waals surface area contributed by atoms with Crippen LogP contribution in [0.4, 0.5) is 0 Å². The van der Waals surface area contributed by atoms with E-state index in [9.17, 15) is 4.79 Å². The quantitative estimate of drug-likeness (QED) is 0.113.